The second kappa shape index (κ2) is 7.85. The third kappa shape index (κ3) is 4.00. The van der Waals surface area contributed by atoms with Crippen LogP contribution in [0, 0.1) is 11.3 Å². The van der Waals surface area contributed by atoms with Crippen molar-refractivity contribution in [1.29, 1.82) is 5.26 Å². The van der Waals surface area contributed by atoms with Crippen LogP contribution in [0.3, 0.4) is 0 Å². The number of esters is 1. The topological polar surface area (TPSA) is 59.3 Å². The van der Waals surface area contributed by atoms with Gasteiger partial charge in [0.1, 0.15) is 12.4 Å². The summed E-state index contributed by atoms with van der Waals surface area (Å²) in [5, 5.41) is 8.83. The molecule has 0 saturated heterocycles. The summed E-state index contributed by atoms with van der Waals surface area (Å²) in [6, 6.07) is 15.4. The molecule has 0 amide bonds. The number of nitriles is 1. The summed E-state index contributed by atoms with van der Waals surface area (Å²) >= 11 is 0. The van der Waals surface area contributed by atoms with E-state index in [4.69, 9.17) is 14.7 Å². The van der Waals surface area contributed by atoms with Crippen molar-refractivity contribution in [3.8, 4) is 11.8 Å². The van der Waals surface area contributed by atoms with Crippen LogP contribution >= 0.6 is 0 Å². The highest BCUT2D eigenvalue weighted by Crippen LogP contribution is 2.33. The Labute approximate surface area is 148 Å². The predicted octanol–water partition coefficient (Wildman–Crippen LogP) is 4.12. The van der Waals surface area contributed by atoms with E-state index < -0.39 is 0 Å². The Morgan fingerprint density at radius 2 is 2.04 bits per heavy atom. The SMILES string of the molecule is CCOC(=O)C1CCCc2ccc(COc3ccc(C#N)cc3)cc21. The largest absolute Gasteiger partial charge is 0.489 e. The van der Waals surface area contributed by atoms with Crippen molar-refractivity contribution in [3.63, 3.8) is 0 Å². The van der Waals surface area contributed by atoms with E-state index in [0.29, 0.717) is 18.8 Å². The van der Waals surface area contributed by atoms with Gasteiger partial charge in [0.05, 0.1) is 24.2 Å². The van der Waals surface area contributed by atoms with E-state index in [1.165, 1.54) is 5.56 Å². The number of rotatable bonds is 5. The average molecular weight is 335 g/mol. The van der Waals surface area contributed by atoms with Gasteiger partial charge in [0, 0.05) is 0 Å². The van der Waals surface area contributed by atoms with Crippen molar-refractivity contribution in [1.82, 2.24) is 0 Å². The normalized spacial score (nSPS) is 15.8. The third-order valence-electron chi connectivity index (χ3n) is 4.48. The number of benzene rings is 2. The summed E-state index contributed by atoms with van der Waals surface area (Å²) in [6.45, 7) is 2.67. The Morgan fingerprint density at radius 3 is 2.76 bits per heavy atom. The van der Waals surface area contributed by atoms with Gasteiger partial charge >= 0.3 is 5.97 Å². The van der Waals surface area contributed by atoms with Crippen molar-refractivity contribution < 1.29 is 14.3 Å². The highest BCUT2D eigenvalue weighted by Gasteiger charge is 2.27. The molecule has 0 aromatic heterocycles. The van der Waals surface area contributed by atoms with Crippen LogP contribution in [0.4, 0.5) is 0 Å². The van der Waals surface area contributed by atoms with E-state index in [1.54, 1.807) is 24.3 Å². The van der Waals surface area contributed by atoms with Crippen molar-refractivity contribution in [2.24, 2.45) is 0 Å². The van der Waals surface area contributed by atoms with Gasteiger partial charge in [0.2, 0.25) is 0 Å². The van der Waals surface area contributed by atoms with Crippen molar-refractivity contribution in [3.05, 3.63) is 64.7 Å². The number of fused-ring (bicyclic) bond motifs is 1. The van der Waals surface area contributed by atoms with Crippen LogP contribution in [0.25, 0.3) is 0 Å². The summed E-state index contributed by atoms with van der Waals surface area (Å²) in [5.41, 5.74) is 3.94. The number of hydrogen-bond donors (Lipinski definition) is 0. The molecular formula is C21H21NO3. The van der Waals surface area contributed by atoms with E-state index in [1.807, 2.05) is 6.92 Å². The summed E-state index contributed by atoms with van der Waals surface area (Å²) in [5.74, 6) is 0.422. The van der Waals surface area contributed by atoms with Gasteiger partial charge < -0.3 is 9.47 Å². The van der Waals surface area contributed by atoms with Crippen LogP contribution in [0.15, 0.2) is 42.5 Å². The molecule has 0 heterocycles. The zero-order valence-electron chi connectivity index (χ0n) is 14.3. The van der Waals surface area contributed by atoms with Gasteiger partial charge in [-0.2, -0.15) is 5.26 Å². The minimum atomic E-state index is -0.168. The van der Waals surface area contributed by atoms with Crippen molar-refractivity contribution in [2.75, 3.05) is 6.61 Å². The third-order valence-corrected chi connectivity index (χ3v) is 4.48. The van der Waals surface area contributed by atoms with E-state index in [-0.39, 0.29) is 11.9 Å². The Balaban J connectivity index is 1.74. The first-order valence-corrected chi connectivity index (χ1v) is 8.62. The van der Waals surface area contributed by atoms with Gasteiger partial charge in [-0.3, -0.25) is 4.79 Å². The van der Waals surface area contributed by atoms with Crippen molar-refractivity contribution >= 4 is 5.97 Å². The van der Waals surface area contributed by atoms with Crippen LogP contribution in [0.2, 0.25) is 0 Å². The Bertz CT molecular complexity index is 790. The van der Waals surface area contributed by atoms with E-state index in [0.717, 1.165) is 36.1 Å². The lowest BCUT2D eigenvalue weighted by Crippen LogP contribution is -2.21. The van der Waals surface area contributed by atoms with Crippen LogP contribution < -0.4 is 4.74 Å². The molecule has 1 aliphatic rings. The molecule has 1 unspecified atom stereocenters. The molecular weight excluding hydrogens is 314 g/mol. The molecule has 0 spiro atoms. The van der Waals surface area contributed by atoms with Crippen molar-refractivity contribution in [2.45, 2.75) is 38.7 Å². The summed E-state index contributed by atoms with van der Waals surface area (Å²) in [6.07, 6.45) is 2.85. The smallest absolute Gasteiger partial charge is 0.313 e. The molecule has 4 heteroatoms. The Hall–Kier alpha value is -2.80. The summed E-state index contributed by atoms with van der Waals surface area (Å²) < 4.78 is 11.0. The predicted molar refractivity (Wildman–Crippen MR) is 94.2 cm³/mol. The Morgan fingerprint density at radius 1 is 1.24 bits per heavy atom. The van der Waals surface area contributed by atoms with E-state index in [9.17, 15) is 4.79 Å². The zero-order chi connectivity index (χ0) is 17.6. The maximum atomic E-state index is 12.2. The van der Waals surface area contributed by atoms with E-state index in [2.05, 4.69) is 24.3 Å². The van der Waals surface area contributed by atoms with E-state index >= 15 is 0 Å². The molecule has 1 aliphatic carbocycles. The maximum Gasteiger partial charge on any atom is 0.313 e. The Kier molecular flexibility index (Phi) is 5.35. The first kappa shape index (κ1) is 17.0. The molecule has 0 aliphatic heterocycles. The highest BCUT2D eigenvalue weighted by molar-refractivity contribution is 5.79. The lowest BCUT2D eigenvalue weighted by molar-refractivity contribution is -0.145. The van der Waals surface area contributed by atoms with Crippen LogP contribution in [0.5, 0.6) is 5.75 Å². The molecule has 0 fully saturated rings. The maximum absolute atomic E-state index is 12.2. The minimum Gasteiger partial charge on any atom is -0.489 e. The van der Waals surface area contributed by atoms with Gasteiger partial charge in [-0.25, -0.2) is 0 Å². The number of carbonyl (C=O) groups is 1. The summed E-state index contributed by atoms with van der Waals surface area (Å²) in [7, 11) is 0. The lowest BCUT2D eigenvalue weighted by Gasteiger charge is -2.24. The number of hydrogen-bond acceptors (Lipinski definition) is 4. The van der Waals surface area contributed by atoms with Gasteiger partial charge in [-0.1, -0.05) is 18.2 Å². The summed E-state index contributed by atoms with van der Waals surface area (Å²) in [4.78, 5) is 12.2. The molecule has 128 valence electrons. The molecule has 25 heavy (non-hydrogen) atoms. The second-order valence-corrected chi connectivity index (χ2v) is 6.15. The van der Waals surface area contributed by atoms with Gasteiger partial charge in [0.15, 0.2) is 0 Å². The van der Waals surface area contributed by atoms with Crippen LogP contribution in [0.1, 0.15) is 47.9 Å². The van der Waals surface area contributed by atoms with Gasteiger partial charge in [0.25, 0.3) is 0 Å². The fraction of sp³-hybridized carbons (Fsp3) is 0.333. The van der Waals surface area contributed by atoms with Gasteiger partial charge in [-0.15, -0.1) is 0 Å². The molecule has 1 atom stereocenters. The zero-order valence-corrected chi connectivity index (χ0v) is 14.3. The molecule has 0 radical (unpaired) electrons. The molecule has 2 aromatic rings. The van der Waals surface area contributed by atoms with Crippen LogP contribution in [-0.4, -0.2) is 12.6 Å². The highest BCUT2D eigenvalue weighted by atomic mass is 16.5. The number of aryl methyl sites for hydroxylation is 1. The monoisotopic (exact) mass is 335 g/mol. The quantitative estimate of drug-likeness (QED) is 0.771. The number of nitrogens with zero attached hydrogens (tertiary/aromatic N) is 1. The first-order valence-electron chi connectivity index (χ1n) is 8.62. The molecule has 0 saturated carbocycles. The molecule has 2 aromatic carbocycles. The first-order chi connectivity index (χ1) is 12.2. The molecule has 3 rings (SSSR count). The minimum absolute atomic E-state index is 0.131. The van der Waals surface area contributed by atoms with Gasteiger partial charge in [-0.05, 0) is 67.1 Å². The average Bonchev–Trinajstić information content (AvgIpc) is 2.66. The number of carbonyl (C=O) groups excluding carboxylic acids is 1. The van der Waals surface area contributed by atoms with Crippen LogP contribution in [-0.2, 0) is 22.6 Å². The fourth-order valence-electron chi connectivity index (χ4n) is 3.22. The molecule has 0 N–H and O–H groups in total. The fourth-order valence-corrected chi connectivity index (χ4v) is 3.22. The standard InChI is InChI=1S/C21H21NO3/c1-2-24-21(23)19-5-3-4-17-9-6-16(12-20(17)19)14-25-18-10-7-15(13-22)8-11-18/h6-12,19H,2-5,14H2,1H3. The molecule has 0 bridgehead atoms. The lowest BCUT2D eigenvalue weighted by atomic mass is 9.82. The second-order valence-electron chi connectivity index (χ2n) is 6.15. The number of ether oxygens (including phenoxy) is 2. The molecule has 4 nitrogen and oxygen atoms in total.